The highest BCUT2D eigenvalue weighted by Crippen LogP contribution is 2.21. The lowest BCUT2D eigenvalue weighted by atomic mass is 10.1. The molecule has 0 unspecified atom stereocenters. The van der Waals surface area contributed by atoms with Crippen LogP contribution in [0.15, 0.2) is 51.6 Å². The fraction of sp³-hybridized carbons (Fsp3) is 0.176. The number of hydrogen-bond donors (Lipinski definition) is 0. The first-order valence-electron chi connectivity index (χ1n) is 6.87. The summed E-state index contributed by atoms with van der Waals surface area (Å²) in [7, 11) is 0. The Kier molecular flexibility index (Phi) is 3.78. The third-order valence-corrected chi connectivity index (χ3v) is 3.29. The number of furan rings is 1. The molecule has 0 aliphatic heterocycles. The van der Waals surface area contributed by atoms with Crippen LogP contribution >= 0.6 is 0 Å². The zero-order valence-corrected chi connectivity index (χ0v) is 12.3. The van der Waals surface area contributed by atoms with Crippen molar-refractivity contribution in [1.82, 2.24) is 5.16 Å². The van der Waals surface area contributed by atoms with E-state index in [0.717, 1.165) is 11.1 Å². The molecule has 0 saturated heterocycles. The average molecular weight is 297 g/mol. The van der Waals surface area contributed by atoms with Crippen molar-refractivity contribution in [3.05, 3.63) is 65.0 Å². The first-order valence-corrected chi connectivity index (χ1v) is 6.87. The van der Waals surface area contributed by atoms with Gasteiger partial charge in [-0.05, 0) is 37.6 Å². The molecule has 0 aliphatic carbocycles. The molecule has 5 heteroatoms. The molecule has 0 aliphatic rings. The predicted molar refractivity (Wildman–Crippen MR) is 79.2 cm³/mol. The van der Waals surface area contributed by atoms with E-state index in [4.69, 9.17) is 13.7 Å². The van der Waals surface area contributed by atoms with E-state index in [-0.39, 0.29) is 12.6 Å². The third-order valence-electron chi connectivity index (χ3n) is 3.29. The van der Waals surface area contributed by atoms with E-state index < -0.39 is 0 Å². The first-order chi connectivity index (χ1) is 10.6. The third kappa shape index (κ3) is 2.93. The summed E-state index contributed by atoms with van der Waals surface area (Å²) in [5.74, 6) is 0.714. The number of carbonyl (C=O) groups is 1. The minimum Gasteiger partial charge on any atom is -0.461 e. The summed E-state index contributed by atoms with van der Waals surface area (Å²) in [6, 6.07) is 10.9. The summed E-state index contributed by atoms with van der Waals surface area (Å²) in [4.78, 5) is 12.1. The first kappa shape index (κ1) is 14.1. The summed E-state index contributed by atoms with van der Waals surface area (Å²) >= 11 is 0. The number of esters is 1. The molecule has 112 valence electrons. The second-order valence-electron chi connectivity index (χ2n) is 5.05. The van der Waals surface area contributed by atoms with E-state index in [1.807, 2.05) is 32.0 Å². The van der Waals surface area contributed by atoms with Crippen LogP contribution in [0.1, 0.15) is 27.2 Å². The van der Waals surface area contributed by atoms with Crippen LogP contribution in [0.2, 0.25) is 0 Å². The van der Waals surface area contributed by atoms with Gasteiger partial charge in [-0.3, -0.25) is 0 Å². The molecule has 0 atom stereocenters. The van der Waals surface area contributed by atoms with Gasteiger partial charge in [-0.2, -0.15) is 0 Å². The predicted octanol–water partition coefficient (Wildman–Crippen LogP) is 3.91. The zero-order chi connectivity index (χ0) is 15.5. The molecule has 0 amide bonds. The van der Waals surface area contributed by atoms with Crippen molar-refractivity contribution in [2.45, 2.75) is 20.5 Å². The number of nitrogens with zero attached hydrogens (tertiary/aromatic N) is 1. The average Bonchev–Trinajstić information content (AvgIpc) is 3.17. The van der Waals surface area contributed by atoms with Gasteiger partial charge in [0.05, 0.1) is 11.8 Å². The number of benzene rings is 1. The Bertz CT molecular complexity index is 787. The van der Waals surface area contributed by atoms with Crippen molar-refractivity contribution in [3.8, 4) is 11.5 Å². The summed E-state index contributed by atoms with van der Waals surface area (Å²) < 4.78 is 15.7. The minimum atomic E-state index is -0.372. The maximum atomic E-state index is 12.1. The molecule has 2 heterocycles. The number of carbonyl (C=O) groups excluding carboxylic acids is 1. The quantitative estimate of drug-likeness (QED) is 0.683. The van der Waals surface area contributed by atoms with E-state index in [2.05, 4.69) is 5.16 Å². The van der Waals surface area contributed by atoms with Gasteiger partial charge in [0.2, 0.25) is 5.76 Å². The van der Waals surface area contributed by atoms with Gasteiger partial charge in [0.1, 0.15) is 12.3 Å². The molecule has 0 N–H and O–H groups in total. The molecule has 0 radical (unpaired) electrons. The SMILES string of the molecule is Cc1ccc(C)c(C(=O)OCc2cc(-c3ccco3)on2)c1. The summed E-state index contributed by atoms with van der Waals surface area (Å²) in [5, 5.41) is 3.87. The van der Waals surface area contributed by atoms with Crippen molar-refractivity contribution in [2.75, 3.05) is 0 Å². The summed E-state index contributed by atoms with van der Waals surface area (Å²) in [6.45, 7) is 3.86. The number of ether oxygens (including phenoxy) is 1. The van der Waals surface area contributed by atoms with Crippen molar-refractivity contribution in [2.24, 2.45) is 0 Å². The van der Waals surface area contributed by atoms with Gasteiger partial charge in [0.15, 0.2) is 5.76 Å². The Hall–Kier alpha value is -2.82. The Morgan fingerprint density at radius 3 is 2.82 bits per heavy atom. The second-order valence-corrected chi connectivity index (χ2v) is 5.05. The maximum absolute atomic E-state index is 12.1. The van der Waals surface area contributed by atoms with Crippen molar-refractivity contribution < 1.29 is 18.5 Å². The van der Waals surface area contributed by atoms with Crippen LogP contribution in [0.5, 0.6) is 0 Å². The maximum Gasteiger partial charge on any atom is 0.338 e. The zero-order valence-electron chi connectivity index (χ0n) is 12.3. The van der Waals surface area contributed by atoms with Crippen LogP contribution in [0.3, 0.4) is 0 Å². The van der Waals surface area contributed by atoms with Crippen LogP contribution in [0, 0.1) is 13.8 Å². The van der Waals surface area contributed by atoms with Gasteiger partial charge >= 0.3 is 5.97 Å². The molecule has 22 heavy (non-hydrogen) atoms. The Balaban J connectivity index is 1.67. The van der Waals surface area contributed by atoms with Gasteiger partial charge in [-0.1, -0.05) is 22.9 Å². The number of hydrogen-bond acceptors (Lipinski definition) is 5. The highest BCUT2D eigenvalue weighted by Gasteiger charge is 2.14. The number of aryl methyl sites for hydroxylation is 2. The summed E-state index contributed by atoms with van der Waals surface area (Å²) in [6.07, 6.45) is 1.55. The van der Waals surface area contributed by atoms with Gasteiger partial charge in [-0.25, -0.2) is 4.79 Å². The smallest absolute Gasteiger partial charge is 0.338 e. The van der Waals surface area contributed by atoms with E-state index in [1.54, 1.807) is 24.5 Å². The lowest BCUT2D eigenvalue weighted by molar-refractivity contribution is 0.0463. The van der Waals surface area contributed by atoms with Gasteiger partial charge in [0, 0.05) is 6.07 Å². The fourth-order valence-corrected chi connectivity index (χ4v) is 2.09. The molecule has 0 bridgehead atoms. The van der Waals surface area contributed by atoms with Crippen LogP contribution in [0.25, 0.3) is 11.5 Å². The second kappa shape index (κ2) is 5.89. The molecule has 2 aromatic heterocycles. The fourth-order valence-electron chi connectivity index (χ4n) is 2.09. The van der Waals surface area contributed by atoms with Crippen molar-refractivity contribution in [3.63, 3.8) is 0 Å². The van der Waals surface area contributed by atoms with E-state index in [0.29, 0.717) is 22.8 Å². The van der Waals surface area contributed by atoms with Gasteiger partial charge in [0.25, 0.3) is 0 Å². The Morgan fingerprint density at radius 2 is 2.05 bits per heavy atom. The van der Waals surface area contributed by atoms with Gasteiger partial charge in [-0.15, -0.1) is 0 Å². The Labute approximate surface area is 127 Å². The molecular formula is C17H15NO4. The highest BCUT2D eigenvalue weighted by atomic mass is 16.5. The normalized spacial score (nSPS) is 10.6. The molecular weight excluding hydrogens is 282 g/mol. The van der Waals surface area contributed by atoms with Gasteiger partial charge < -0.3 is 13.7 Å². The molecule has 5 nitrogen and oxygen atoms in total. The lowest BCUT2D eigenvalue weighted by Crippen LogP contribution is -2.07. The standard InChI is InChI=1S/C17H15NO4/c1-11-5-6-12(2)14(8-11)17(19)21-10-13-9-16(22-18-13)15-4-3-7-20-15/h3-9H,10H2,1-2H3. The van der Waals surface area contributed by atoms with Crippen LogP contribution in [-0.4, -0.2) is 11.1 Å². The number of rotatable bonds is 4. The van der Waals surface area contributed by atoms with Crippen molar-refractivity contribution in [1.29, 1.82) is 0 Å². The molecule has 0 fully saturated rings. The van der Waals surface area contributed by atoms with Crippen LogP contribution in [0.4, 0.5) is 0 Å². The lowest BCUT2D eigenvalue weighted by Gasteiger charge is -2.06. The van der Waals surface area contributed by atoms with E-state index in [9.17, 15) is 4.79 Å². The molecule has 3 rings (SSSR count). The molecule has 1 aromatic carbocycles. The largest absolute Gasteiger partial charge is 0.461 e. The molecule has 0 saturated carbocycles. The van der Waals surface area contributed by atoms with E-state index >= 15 is 0 Å². The van der Waals surface area contributed by atoms with Crippen LogP contribution < -0.4 is 0 Å². The van der Waals surface area contributed by atoms with Crippen LogP contribution in [-0.2, 0) is 11.3 Å². The summed E-state index contributed by atoms with van der Waals surface area (Å²) in [5.41, 5.74) is 2.99. The van der Waals surface area contributed by atoms with E-state index in [1.165, 1.54) is 0 Å². The highest BCUT2D eigenvalue weighted by molar-refractivity contribution is 5.91. The monoisotopic (exact) mass is 297 g/mol. The minimum absolute atomic E-state index is 0.0520. The Morgan fingerprint density at radius 1 is 1.18 bits per heavy atom. The molecule has 0 spiro atoms. The van der Waals surface area contributed by atoms with Crippen molar-refractivity contribution >= 4 is 5.97 Å². The molecule has 3 aromatic rings. The topological polar surface area (TPSA) is 65.5 Å². The number of aromatic nitrogens is 1.